The summed E-state index contributed by atoms with van der Waals surface area (Å²) in [6.45, 7) is 2.01. The molecular weight excluding hydrogens is 452 g/mol. The van der Waals surface area contributed by atoms with Crippen molar-refractivity contribution in [2.75, 3.05) is 0 Å². The Hall–Kier alpha value is -4.83. The lowest BCUT2D eigenvalue weighted by molar-refractivity contribution is 0.229. The van der Waals surface area contributed by atoms with Gasteiger partial charge in [-0.25, -0.2) is 4.79 Å². The monoisotopic (exact) mass is 474 g/mol. The molecule has 1 atom stereocenters. The predicted molar refractivity (Wildman–Crippen MR) is 138 cm³/mol. The Bertz CT molecular complexity index is 1850. The van der Waals surface area contributed by atoms with Crippen LogP contribution < -0.4 is 16.0 Å². The average Bonchev–Trinajstić information content (AvgIpc) is 3.27. The minimum atomic E-state index is -0.606. The van der Waals surface area contributed by atoms with Crippen LogP contribution in [0.2, 0.25) is 0 Å². The van der Waals surface area contributed by atoms with Crippen molar-refractivity contribution in [3.8, 4) is 28.8 Å². The van der Waals surface area contributed by atoms with E-state index in [9.17, 15) is 14.9 Å². The van der Waals surface area contributed by atoms with Gasteiger partial charge < -0.3 is 9.30 Å². The van der Waals surface area contributed by atoms with Gasteiger partial charge in [-0.15, -0.1) is 0 Å². The first-order chi connectivity index (χ1) is 17.4. The number of rotatable bonds is 2. The van der Waals surface area contributed by atoms with Crippen LogP contribution in [0.4, 0.5) is 0 Å². The molecule has 0 fully saturated rings. The lowest BCUT2D eigenvalue weighted by Crippen LogP contribution is -2.37. The molecular formula is C29H22N4O3. The van der Waals surface area contributed by atoms with E-state index in [2.05, 4.69) is 10.6 Å². The smallest absolute Gasteiger partial charge is 0.331 e. The molecule has 0 aliphatic carbocycles. The van der Waals surface area contributed by atoms with Gasteiger partial charge >= 0.3 is 5.69 Å². The molecule has 0 amide bonds. The number of hydrogen-bond donors (Lipinski definition) is 0. The van der Waals surface area contributed by atoms with Crippen molar-refractivity contribution >= 4 is 10.9 Å². The van der Waals surface area contributed by atoms with Crippen molar-refractivity contribution < 1.29 is 4.74 Å². The van der Waals surface area contributed by atoms with Crippen LogP contribution in [0.1, 0.15) is 28.5 Å². The van der Waals surface area contributed by atoms with Gasteiger partial charge in [-0.3, -0.25) is 13.9 Å². The maximum absolute atomic E-state index is 13.7. The SMILES string of the molecule is Cc1ccccc1-c1c2c(=O)n(C)c(=O)n(C)c2c2n1-c1ccccc1O[C@@H]2c1ccc(C#N)cc1. The topological polar surface area (TPSA) is 81.9 Å². The Morgan fingerprint density at radius 2 is 1.58 bits per heavy atom. The molecule has 0 N–H and O–H groups in total. The number of aryl methyl sites for hydroxylation is 2. The molecule has 0 spiro atoms. The number of aromatic nitrogens is 3. The highest BCUT2D eigenvalue weighted by Crippen LogP contribution is 2.46. The lowest BCUT2D eigenvalue weighted by atomic mass is 10.0. The molecule has 0 radical (unpaired) electrons. The molecule has 3 aromatic carbocycles. The van der Waals surface area contributed by atoms with Gasteiger partial charge in [-0.05, 0) is 42.3 Å². The highest BCUT2D eigenvalue weighted by Gasteiger charge is 2.36. The van der Waals surface area contributed by atoms with E-state index < -0.39 is 11.8 Å². The number of ether oxygens (including phenoxy) is 1. The highest BCUT2D eigenvalue weighted by molar-refractivity contribution is 5.98. The van der Waals surface area contributed by atoms with Crippen LogP contribution >= 0.6 is 0 Å². The van der Waals surface area contributed by atoms with Crippen molar-refractivity contribution in [2.45, 2.75) is 13.0 Å². The van der Waals surface area contributed by atoms with Crippen LogP contribution in [-0.2, 0) is 14.1 Å². The molecule has 0 saturated carbocycles. The van der Waals surface area contributed by atoms with Gasteiger partial charge in [0.1, 0.15) is 5.75 Å². The van der Waals surface area contributed by atoms with Gasteiger partial charge in [0.25, 0.3) is 5.56 Å². The van der Waals surface area contributed by atoms with Gasteiger partial charge in [-0.2, -0.15) is 5.26 Å². The first-order valence-electron chi connectivity index (χ1n) is 11.6. The first-order valence-corrected chi connectivity index (χ1v) is 11.6. The third kappa shape index (κ3) is 2.91. The quantitative estimate of drug-likeness (QED) is 0.381. The molecule has 2 aromatic heterocycles. The van der Waals surface area contributed by atoms with E-state index in [1.807, 2.05) is 67.6 Å². The summed E-state index contributed by atoms with van der Waals surface area (Å²) in [6, 6.07) is 25.0. The predicted octanol–water partition coefficient (Wildman–Crippen LogP) is 4.36. The molecule has 7 nitrogen and oxygen atoms in total. The zero-order valence-electron chi connectivity index (χ0n) is 20.0. The molecule has 3 heterocycles. The summed E-state index contributed by atoms with van der Waals surface area (Å²) in [5, 5.41) is 9.75. The molecule has 1 aliphatic heterocycles. The van der Waals surface area contributed by atoms with E-state index in [1.54, 1.807) is 19.2 Å². The Balaban J connectivity index is 1.85. The lowest BCUT2D eigenvalue weighted by Gasteiger charge is -2.30. The van der Waals surface area contributed by atoms with Crippen molar-refractivity contribution in [1.29, 1.82) is 5.26 Å². The fourth-order valence-corrected chi connectivity index (χ4v) is 5.16. The Kier molecular flexibility index (Phi) is 4.73. The van der Waals surface area contributed by atoms with Crippen LogP contribution in [-0.4, -0.2) is 13.7 Å². The summed E-state index contributed by atoms with van der Waals surface area (Å²) in [7, 11) is 3.19. The molecule has 176 valence electrons. The minimum absolute atomic E-state index is 0.357. The number of fused-ring (bicyclic) bond motifs is 5. The molecule has 0 saturated heterocycles. The molecule has 0 unspecified atom stereocenters. The summed E-state index contributed by atoms with van der Waals surface area (Å²) in [4.78, 5) is 26.8. The number of benzene rings is 3. The molecule has 6 rings (SSSR count). The number of nitriles is 1. The van der Waals surface area contributed by atoms with Crippen LogP contribution in [0, 0.1) is 18.3 Å². The van der Waals surface area contributed by atoms with Crippen molar-refractivity contribution in [3.05, 3.63) is 116 Å². The van der Waals surface area contributed by atoms with Crippen LogP contribution in [0.15, 0.2) is 82.4 Å². The second kappa shape index (κ2) is 7.85. The highest BCUT2D eigenvalue weighted by atomic mass is 16.5. The van der Waals surface area contributed by atoms with Gasteiger partial charge in [0.15, 0.2) is 6.10 Å². The standard InChI is InChI=1S/C29H22N4O3/c1-17-8-4-5-9-20(17)24-23-25(31(2)29(35)32(3)28(23)34)26-27(19-14-12-18(16-30)13-15-19)36-22-11-7-6-10-21(22)33(24)26/h4-15,27H,1-3H3/t27-/m1/s1. The normalized spacial score (nSPS) is 14.1. The van der Waals surface area contributed by atoms with E-state index >= 15 is 0 Å². The number of nitrogens with zero attached hydrogens (tertiary/aromatic N) is 4. The Labute approximate surface area is 206 Å². The summed E-state index contributed by atoms with van der Waals surface area (Å²) >= 11 is 0. The summed E-state index contributed by atoms with van der Waals surface area (Å²) in [5.74, 6) is 0.663. The van der Waals surface area contributed by atoms with Crippen LogP contribution in [0.25, 0.3) is 27.8 Å². The van der Waals surface area contributed by atoms with Crippen molar-refractivity contribution in [3.63, 3.8) is 0 Å². The molecule has 0 bridgehead atoms. The summed E-state index contributed by atoms with van der Waals surface area (Å²) in [5.41, 5.74) is 5.25. The number of hydrogen-bond acceptors (Lipinski definition) is 4. The Morgan fingerprint density at radius 1 is 0.889 bits per heavy atom. The third-order valence-electron chi connectivity index (χ3n) is 6.95. The van der Waals surface area contributed by atoms with Gasteiger partial charge in [0.05, 0.1) is 39.6 Å². The summed E-state index contributed by atoms with van der Waals surface area (Å²) in [6.07, 6.45) is -0.606. The molecule has 36 heavy (non-hydrogen) atoms. The van der Waals surface area contributed by atoms with Crippen LogP contribution in [0.3, 0.4) is 0 Å². The van der Waals surface area contributed by atoms with Gasteiger partial charge in [-0.1, -0.05) is 48.5 Å². The molecule has 1 aliphatic rings. The summed E-state index contributed by atoms with van der Waals surface area (Å²) < 4.78 is 11.3. The average molecular weight is 475 g/mol. The van der Waals surface area contributed by atoms with Gasteiger partial charge in [0.2, 0.25) is 0 Å². The third-order valence-corrected chi connectivity index (χ3v) is 6.95. The van der Waals surface area contributed by atoms with Crippen molar-refractivity contribution in [1.82, 2.24) is 13.7 Å². The molecule has 5 aromatic rings. The van der Waals surface area contributed by atoms with E-state index in [1.165, 1.54) is 11.6 Å². The van der Waals surface area contributed by atoms with E-state index in [4.69, 9.17) is 4.74 Å². The molecule has 7 heteroatoms. The zero-order chi connectivity index (χ0) is 25.1. The Morgan fingerprint density at radius 3 is 2.31 bits per heavy atom. The van der Waals surface area contributed by atoms with E-state index in [0.717, 1.165) is 32.6 Å². The second-order valence-electron chi connectivity index (χ2n) is 9.01. The fraction of sp³-hybridized carbons (Fsp3) is 0.138. The zero-order valence-corrected chi connectivity index (χ0v) is 20.0. The second-order valence-corrected chi connectivity index (χ2v) is 9.01. The van der Waals surface area contributed by atoms with E-state index in [0.29, 0.717) is 27.9 Å². The van der Waals surface area contributed by atoms with Crippen molar-refractivity contribution in [2.24, 2.45) is 14.1 Å². The van der Waals surface area contributed by atoms with E-state index in [-0.39, 0.29) is 5.56 Å². The number of para-hydroxylation sites is 2. The fourth-order valence-electron chi connectivity index (χ4n) is 5.16. The minimum Gasteiger partial charge on any atom is -0.477 e. The maximum Gasteiger partial charge on any atom is 0.331 e. The maximum atomic E-state index is 13.7. The van der Waals surface area contributed by atoms with Gasteiger partial charge in [0, 0.05) is 19.7 Å². The first kappa shape index (κ1) is 21.7. The van der Waals surface area contributed by atoms with Crippen LogP contribution in [0.5, 0.6) is 5.75 Å². The largest absolute Gasteiger partial charge is 0.477 e.